The minimum absolute atomic E-state index is 1.29. The summed E-state index contributed by atoms with van der Waals surface area (Å²) >= 11 is 0. The lowest BCUT2D eigenvalue weighted by Gasteiger charge is -2.09. The van der Waals surface area contributed by atoms with Crippen LogP contribution < -0.4 is 4.57 Å². The first-order valence-corrected chi connectivity index (χ1v) is 6.37. The van der Waals surface area contributed by atoms with Crippen molar-refractivity contribution < 1.29 is 4.57 Å². The topological polar surface area (TPSA) is 3.88 Å². The van der Waals surface area contributed by atoms with Gasteiger partial charge >= 0.3 is 0 Å². The van der Waals surface area contributed by atoms with E-state index < -0.39 is 0 Å². The van der Waals surface area contributed by atoms with Gasteiger partial charge in [0.1, 0.15) is 7.05 Å². The van der Waals surface area contributed by atoms with Gasteiger partial charge in [-0.25, -0.2) is 4.57 Å². The van der Waals surface area contributed by atoms with Crippen LogP contribution in [0.25, 0.3) is 21.5 Å². The molecule has 0 fully saturated rings. The molecule has 0 saturated heterocycles. The molecule has 0 unspecified atom stereocenters. The van der Waals surface area contributed by atoms with Crippen LogP contribution in [0, 0.1) is 20.8 Å². The summed E-state index contributed by atoms with van der Waals surface area (Å²) in [7, 11) is 2.10. The molecule has 90 valence electrons. The molecule has 0 aliphatic heterocycles. The predicted octanol–water partition coefficient (Wildman–Crippen LogP) is 3.74. The number of aromatic nitrogens is 1. The average Bonchev–Trinajstić information content (AvgIpc) is 2.35. The fourth-order valence-corrected chi connectivity index (χ4v) is 2.64. The maximum Gasteiger partial charge on any atom is 0.178 e. The summed E-state index contributed by atoms with van der Waals surface area (Å²) in [5.41, 5.74) is 4.04. The molecule has 1 heteroatoms. The van der Waals surface area contributed by atoms with E-state index in [1.54, 1.807) is 0 Å². The van der Waals surface area contributed by atoms with Gasteiger partial charge in [-0.05, 0) is 41.8 Å². The first kappa shape index (κ1) is 11.2. The second-order valence-corrected chi connectivity index (χ2v) is 5.20. The Labute approximate surface area is 108 Å². The molecule has 1 heterocycles. The van der Waals surface area contributed by atoms with Gasteiger partial charge in [-0.3, -0.25) is 0 Å². The molecule has 0 saturated carbocycles. The molecule has 2 aromatic carbocycles. The molecule has 0 aliphatic rings. The Kier molecular flexibility index (Phi) is 2.37. The van der Waals surface area contributed by atoms with Gasteiger partial charge in [0.15, 0.2) is 11.9 Å². The van der Waals surface area contributed by atoms with Gasteiger partial charge < -0.3 is 0 Å². The molecule has 0 aliphatic carbocycles. The van der Waals surface area contributed by atoms with Crippen molar-refractivity contribution in [2.24, 2.45) is 7.05 Å². The predicted molar refractivity (Wildman–Crippen MR) is 76.8 cm³/mol. The van der Waals surface area contributed by atoms with E-state index >= 15 is 0 Å². The van der Waals surface area contributed by atoms with E-state index in [0.29, 0.717) is 0 Å². The average molecular weight is 236 g/mol. The Morgan fingerprint density at radius 3 is 2.33 bits per heavy atom. The summed E-state index contributed by atoms with van der Waals surface area (Å²) in [6.45, 7) is 6.56. The highest BCUT2D eigenvalue weighted by atomic mass is 14.9. The summed E-state index contributed by atoms with van der Waals surface area (Å²) in [5.74, 6) is 0. The second kappa shape index (κ2) is 3.81. The zero-order valence-corrected chi connectivity index (χ0v) is 11.4. The number of fused-ring (bicyclic) bond motifs is 3. The summed E-state index contributed by atoms with van der Waals surface area (Å²) in [4.78, 5) is 0. The molecule has 0 radical (unpaired) electrons. The third-order valence-electron chi connectivity index (χ3n) is 4.03. The largest absolute Gasteiger partial charge is 0.205 e. The standard InChI is InChI=1S/C17H18N/c1-11-5-6-14-7-8-15-10-18(4)12(2)9-16(15)17(14)13(11)3/h5-10H,1-4H3/q+1. The minimum Gasteiger partial charge on any atom is -0.205 e. The monoisotopic (exact) mass is 236 g/mol. The number of benzene rings is 2. The molecule has 3 rings (SSSR count). The molecule has 0 atom stereocenters. The Balaban J connectivity index is 2.59. The summed E-state index contributed by atoms with van der Waals surface area (Å²) in [6, 6.07) is 11.2. The number of pyridine rings is 1. The minimum atomic E-state index is 1.29. The van der Waals surface area contributed by atoms with Crippen LogP contribution in [-0.4, -0.2) is 0 Å². The van der Waals surface area contributed by atoms with E-state index in [4.69, 9.17) is 0 Å². The smallest absolute Gasteiger partial charge is 0.178 e. The molecule has 1 aromatic heterocycles. The van der Waals surface area contributed by atoms with Crippen LogP contribution in [0.1, 0.15) is 16.8 Å². The Morgan fingerprint density at radius 2 is 1.56 bits per heavy atom. The molecule has 0 N–H and O–H groups in total. The highest BCUT2D eigenvalue weighted by Gasteiger charge is 2.09. The number of aryl methyl sites for hydroxylation is 4. The first-order valence-electron chi connectivity index (χ1n) is 6.37. The molecular formula is C17H18N+. The SMILES string of the molecule is Cc1ccc2ccc3c[n+](C)c(C)cc3c2c1C. The van der Waals surface area contributed by atoms with Gasteiger partial charge in [-0.15, -0.1) is 0 Å². The van der Waals surface area contributed by atoms with Crippen molar-refractivity contribution in [2.75, 3.05) is 0 Å². The maximum atomic E-state index is 2.30. The van der Waals surface area contributed by atoms with Crippen LogP contribution in [0.4, 0.5) is 0 Å². The van der Waals surface area contributed by atoms with Crippen molar-refractivity contribution in [3.05, 3.63) is 53.3 Å². The fraction of sp³-hybridized carbons (Fsp3) is 0.235. The molecule has 0 bridgehead atoms. The first-order chi connectivity index (χ1) is 8.58. The highest BCUT2D eigenvalue weighted by molar-refractivity contribution is 6.09. The van der Waals surface area contributed by atoms with Crippen molar-refractivity contribution in [3.63, 3.8) is 0 Å². The number of rotatable bonds is 0. The van der Waals surface area contributed by atoms with Crippen LogP contribution in [0.2, 0.25) is 0 Å². The summed E-state index contributed by atoms with van der Waals surface area (Å²) in [6.07, 6.45) is 2.21. The fourth-order valence-electron chi connectivity index (χ4n) is 2.64. The van der Waals surface area contributed by atoms with Gasteiger partial charge in [-0.2, -0.15) is 0 Å². The van der Waals surface area contributed by atoms with Gasteiger partial charge in [0, 0.05) is 23.8 Å². The quantitative estimate of drug-likeness (QED) is 0.413. The van der Waals surface area contributed by atoms with Crippen LogP contribution in [0.15, 0.2) is 36.5 Å². The van der Waals surface area contributed by atoms with Crippen LogP contribution >= 0.6 is 0 Å². The second-order valence-electron chi connectivity index (χ2n) is 5.20. The lowest BCUT2D eigenvalue weighted by atomic mass is 9.96. The van der Waals surface area contributed by atoms with Crippen LogP contribution in [0.5, 0.6) is 0 Å². The molecule has 18 heavy (non-hydrogen) atoms. The van der Waals surface area contributed by atoms with Crippen molar-refractivity contribution in [1.82, 2.24) is 0 Å². The highest BCUT2D eigenvalue weighted by Crippen LogP contribution is 2.29. The van der Waals surface area contributed by atoms with Crippen molar-refractivity contribution in [3.8, 4) is 0 Å². The van der Waals surface area contributed by atoms with Gasteiger partial charge in [0.2, 0.25) is 0 Å². The van der Waals surface area contributed by atoms with Crippen molar-refractivity contribution in [2.45, 2.75) is 20.8 Å². The molecule has 3 aromatic rings. The van der Waals surface area contributed by atoms with Gasteiger partial charge in [0.05, 0.1) is 0 Å². The lowest BCUT2D eigenvalue weighted by Crippen LogP contribution is -2.30. The van der Waals surface area contributed by atoms with Crippen molar-refractivity contribution in [1.29, 1.82) is 0 Å². The van der Waals surface area contributed by atoms with Gasteiger partial charge in [-0.1, -0.05) is 18.2 Å². The van der Waals surface area contributed by atoms with Crippen molar-refractivity contribution >= 4 is 21.5 Å². The summed E-state index contributed by atoms with van der Waals surface area (Å²) < 4.78 is 2.18. The van der Waals surface area contributed by atoms with E-state index in [1.165, 1.54) is 38.4 Å². The Bertz CT molecular complexity index is 770. The zero-order chi connectivity index (χ0) is 12.9. The third-order valence-corrected chi connectivity index (χ3v) is 4.03. The zero-order valence-electron chi connectivity index (χ0n) is 11.4. The molecule has 0 amide bonds. The molecule has 1 nitrogen and oxygen atoms in total. The normalized spacial score (nSPS) is 11.3. The van der Waals surface area contributed by atoms with E-state index in [2.05, 4.69) is 68.9 Å². The number of hydrogen-bond donors (Lipinski definition) is 0. The van der Waals surface area contributed by atoms with E-state index in [0.717, 1.165) is 0 Å². The Morgan fingerprint density at radius 1 is 0.889 bits per heavy atom. The van der Waals surface area contributed by atoms with Crippen LogP contribution in [0.3, 0.4) is 0 Å². The molecular weight excluding hydrogens is 218 g/mol. The Hall–Kier alpha value is -1.89. The van der Waals surface area contributed by atoms with Crippen LogP contribution in [-0.2, 0) is 7.05 Å². The van der Waals surface area contributed by atoms with E-state index in [-0.39, 0.29) is 0 Å². The van der Waals surface area contributed by atoms with Gasteiger partial charge in [0.25, 0.3) is 0 Å². The van der Waals surface area contributed by atoms with E-state index in [9.17, 15) is 0 Å². The number of hydrogen-bond acceptors (Lipinski definition) is 0. The molecule has 0 spiro atoms. The maximum absolute atomic E-state index is 2.30. The lowest BCUT2D eigenvalue weighted by molar-refractivity contribution is -0.676. The summed E-state index contributed by atoms with van der Waals surface area (Å²) in [5, 5.41) is 5.41. The number of nitrogens with zero attached hydrogens (tertiary/aromatic N) is 1. The third kappa shape index (κ3) is 1.51. The van der Waals surface area contributed by atoms with E-state index in [1.807, 2.05) is 0 Å².